The number of nitrogens with one attached hydrogen (secondary N) is 1. The largest absolute Gasteiger partial charge is 0.419 e. The van der Waals surface area contributed by atoms with E-state index < -0.39 is 0 Å². The lowest BCUT2D eigenvalue weighted by Crippen LogP contribution is -2.36. The van der Waals surface area contributed by atoms with Crippen LogP contribution in [0.5, 0.6) is 0 Å². The molecule has 1 saturated heterocycles. The van der Waals surface area contributed by atoms with Crippen LogP contribution in [0.25, 0.3) is 10.8 Å². The van der Waals surface area contributed by atoms with Crippen molar-refractivity contribution in [1.29, 1.82) is 0 Å². The van der Waals surface area contributed by atoms with Gasteiger partial charge in [-0.2, -0.15) is 0 Å². The van der Waals surface area contributed by atoms with Crippen LogP contribution in [0, 0.1) is 0 Å². The average Bonchev–Trinajstić information content (AvgIpc) is 3.14. The molecule has 0 unspecified atom stereocenters. The summed E-state index contributed by atoms with van der Waals surface area (Å²) in [6.45, 7) is 3.59. The minimum atomic E-state index is 0.305. The molecule has 5 nitrogen and oxygen atoms in total. The first kappa shape index (κ1) is 12.8. The Bertz CT molecular complexity index is 506. The lowest BCUT2D eigenvalue weighted by molar-refractivity contribution is 0.0824. The van der Waals surface area contributed by atoms with Crippen LogP contribution >= 0.6 is 11.3 Å². The molecule has 2 atom stereocenters. The molecule has 1 fully saturated rings. The maximum Gasteiger partial charge on any atom is 0.257 e. The van der Waals surface area contributed by atoms with Gasteiger partial charge < -0.3 is 14.5 Å². The zero-order chi connectivity index (χ0) is 13.1. The minimum absolute atomic E-state index is 0.305. The van der Waals surface area contributed by atoms with Crippen molar-refractivity contribution in [2.24, 2.45) is 0 Å². The molecule has 102 valence electrons. The van der Waals surface area contributed by atoms with Gasteiger partial charge >= 0.3 is 0 Å². The fraction of sp³-hybridized carbons (Fsp3) is 0.538. The van der Waals surface area contributed by atoms with Crippen LogP contribution in [-0.2, 0) is 11.3 Å². The fourth-order valence-corrected chi connectivity index (χ4v) is 2.85. The Kier molecular flexibility index (Phi) is 3.91. The summed E-state index contributed by atoms with van der Waals surface area (Å²) in [5, 5.41) is 13.5. The second kappa shape index (κ2) is 5.81. The summed E-state index contributed by atoms with van der Waals surface area (Å²) in [6.07, 6.45) is 2.58. The molecule has 3 heterocycles. The third-order valence-electron chi connectivity index (χ3n) is 3.30. The molecule has 0 aromatic carbocycles. The van der Waals surface area contributed by atoms with Crippen molar-refractivity contribution >= 4 is 11.3 Å². The van der Waals surface area contributed by atoms with Gasteiger partial charge in [0.1, 0.15) is 0 Å². The van der Waals surface area contributed by atoms with E-state index in [-0.39, 0.29) is 0 Å². The Morgan fingerprint density at radius 3 is 3.21 bits per heavy atom. The van der Waals surface area contributed by atoms with Gasteiger partial charge in [-0.3, -0.25) is 0 Å². The van der Waals surface area contributed by atoms with Gasteiger partial charge in [0.2, 0.25) is 5.89 Å². The fourth-order valence-electron chi connectivity index (χ4n) is 2.20. The summed E-state index contributed by atoms with van der Waals surface area (Å²) in [5.41, 5.74) is 0. The highest BCUT2D eigenvalue weighted by atomic mass is 32.1. The van der Waals surface area contributed by atoms with Gasteiger partial charge in [-0.25, -0.2) is 0 Å². The Labute approximate surface area is 116 Å². The summed E-state index contributed by atoms with van der Waals surface area (Å²) < 4.78 is 11.3. The molecule has 0 saturated carbocycles. The van der Waals surface area contributed by atoms with E-state index in [2.05, 4.69) is 22.4 Å². The summed E-state index contributed by atoms with van der Waals surface area (Å²) in [6, 6.07) is 4.26. The number of ether oxygens (including phenoxy) is 1. The molecule has 0 spiro atoms. The molecular weight excluding hydrogens is 262 g/mol. The van der Waals surface area contributed by atoms with Crippen molar-refractivity contribution in [3.8, 4) is 10.8 Å². The number of hydrogen-bond donors (Lipinski definition) is 1. The monoisotopic (exact) mass is 279 g/mol. The van der Waals surface area contributed by atoms with Gasteiger partial charge in [0.25, 0.3) is 5.89 Å². The molecule has 3 rings (SSSR count). The molecule has 0 amide bonds. The molecule has 1 aliphatic rings. The number of rotatable bonds is 5. The second-order valence-electron chi connectivity index (χ2n) is 4.70. The Balaban J connectivity index is 1.55. The van der Waals surface area contributed by atoms with Gasteiger partial charge in [0.15, 0.2) is 0 Å². The van der Waals surface area contributed by atoms with Crippen molar-refractivity contribution in [2.45, 2.75) is 38.5 Å². The quantitative estimate of drug-likeness (QED) is 0.911. The summed E-state index contributed by atoms with van der Waals surface area (Å²) in [4.78, 5) is 1.01. The van der Waals surface area contributed by atoms with Crippen molar-refractivity contribution in [1.82, 2.24) is 15.5 Å². The zero-order valence-electron chi connectivity index (χ0n) is 10.8. The van der Waals surface area contributed by atoms with E-state index >= 15 is 0 Å². The lowest BCUT2D eigenvalue weighted by Gasteiger charge is -2.18. The third-order valence-corrected chi connectivity index (χ3v) is 4.15. The topological polar surface area (TPSA) is 60.2 Å². The summed E-state index contributed by atoms with van der Waals surface area (Å²) >= 11 is 1.60. The van der Waals surface area contributed by atoms with Gasteiger partial charge in [-0.05, 0) is 31.2 Å². The first-order valence-electron chi connectivity index (χ1n) is 6.54. The third kappa shape index (κ3) is 3.02. The van der Waals surface area contributed by atoms with E-state index in [9.17, 15) is 0 Å². The highest BCUT2D eigenvalue weighted by Crippen LogP contribution is 2.23. The number of aromatic nitrogens is 2. The van der Waals surface area contributed by atoms with Crippen LogP contribution in [0.15, 0.2) is 21.9 Å². The maximum absolute atomic E-state index is 5.64. The van der Waals surface area contributed by atoms with Crippen LogP contribution < -0.4 is 5.32 Å². The molecule has 1 aliphatic heterocycles. The normalized spacial score (nSPS) is 20.8. The molecule has 0 radical (unpaired) electrons. The van der Waals surface area contributed by atoms with Crippen LogP contribution in [0.2, 0.25) is 0 Å². The summed E-state index contributed by atoms with van der Waals surface area (Å²) in [5.74, 6) is 1.21. The minimum Gasteiger partial charge on any atom is -0.419 e. The molecule has 0 aliphatic carbocycles. The Hall–Kier alpha value is -1.24. The van der Waals surface area contributed by atoms with Crippen molar-refractivity contribution < 1.29 is 9.15 Å². The first-order valence-corrected chi connectivity index (χ1v) is 7.42. The molecule has 19 heavy (non-hydrogen) atoms. The van der Waals surface area contributed by atoms with Gasteiger partial charge in [0.05, 0.1) is 17.5 Å². The Morgan fingerprint density at radius 2 is 2.47 bits per heavy atom. The zero-order valence-corrected chi connectivity index (χ0v) is 11.7. The molecule has 1 N–H and O–H groups in total. The van der Waals surface area contributed by atoms with Gasteiger partial charge in [0, 0.05) is 12.6 Å². The maximum atomic E-state index is 5.64. The molecule has 0 bridgehead atoms. The van der Waals surface area contributed by atoms with Crippen LogP contribution in [0.4, 0.5) is 0 Å². The van der Waals surface area contributed by atoms with Crippen molar-refractivity contribution in [3.63, 3.8) is 0 Å². The van der Waals surface area contributed by atoms with Crippen LogP contribution in [0.1, 0.15) is 25.7 Å². The average molecular weight is 279 g/mol. The summed E-state index contributed by atoms with van der Waals surface area (Å²) in [7, 11) is 0. The van der Waals surface area contributed by atoms with Crippen LogP contribution in [-0.4, -0.2) is 29.0 Å². The molecule has 6 heteroatoms. The van der Waals surface area contributed by atoms with Gasteiger partial charge in [-0.15, -0.1) is 21.5 Å². The highest BCUT2D eigenvalue weighted by molar-refractivity contribution is 7.13. The van der Waals surface area contributed by atoms with E-state index in [0.29, 0.717) is 30.5 Å². The van der Waals surface area contributed by atoms with Crippen molar-refractivity contribution in [2.75, 3.05) is 6.61 Å². The predicted octanol–water partition coefficient (Wildman–Crippen LogP) is 2.46. The van der Waals surface area contributed by atoms with Crippen molar-refractivity contribution in [3.05, 3.63) is 23.4 Å². The lowest BCUT2D eigenvalue weighted by atomic mass is 10.1. The smallest absolute Gasteiger partial charge is 0.257 e. The van der Waals surface area contributed by atoms with E-state index in [1.165, 1.54) is 0 Å². The highest BCUT2D eigenvalue weighted by Gasteiger charge is 2.22. The second-order valence-corrected chi connectivity index (χ2v) is 5.65. The van der Waals surface area contributed by atoms with E-state index in [4.69, 9.17) is 9.15 Å². The van der Waals surface area contributed by atoms with E-state index in [0.717, 1.165) is 24.3 Å². The van der Waals surface area contributed by atoms with E-state index in [1.807, 2.05) is 17.5 Å². The van der Waals surface area contributed by atoms with E-state index in [1.54, 1.807) is 11.3 Å². The number of hydrogen-bond acceptors (Lipinski definition) is 6. The number of thiophene rings is 1. The van der Waals surface area contributed by atoms with Crippen LogP contribution in [0.3, 0.4) is 0 Å². The molecule has 2 aromatic heterocycles. The standard InChI is InChI=1S/C13H17N3O2S/c1-9(10-4-2-6-17-10)14-8-12-15-16-13(18-12)11-5-3-7-19-11/h3,5,7,9-10,14H,2,4,6,8H2,1H3/t9-,10+/m0/s1. The number of nitrogens with zero attached hydrogens (tertiary/aromatic N) is 2. The molecular formula is C13H17N3O2S. The Morgan fingerprint density at radius 1 is 1.53 bits per heavy atom. The SMILES string of the molecule is C[C@H](NCc1nnc(-c2cccs2)o1)[C@H]1CCCO1. The molecule has 2 aromatic rings. The van der Waals surface area contributed by atoms with Gasteiger partial charge in [-0.1, -0.05) is 6.07 Å². The first-order chi connectivity index (χ1) is 9.33. The predicted molar refractivity (Wildman–Crippen MR) is 72.9 cm³/mol.